The Morgan fingerprint density at radius 3 is 2.29 bits per heavy atom. The van der Waals surface area contributed by atoms with E-state index < -0.39 is 0 Å². The van der Waals surface area contributed by atoms with Crippen molar-refractivity contribution in [1.29, 1.82) is 0 Å². The van der Waals surface area contributed by atoms with Crippen molar-refractivity contribution in [3.05, 3.63) is 18.1 Å². The van der Waals surface area contributed by atoms with Crippen LogP contribution in [0.15, 0.2) is 12.4 Å². The van der Waals surface area contributed by atoms with Gasteiger partial charge in [0.25, 0.3) is 5.91 Å². The molecule has 0 unspecified atom stereocenters. The molecule has 5 heteroatoms. The third-order valence-electron chi connectivity index (χ3n) is 3.38. The fourth-order valence-electron chi connectivity index (χ4n) is 2.20. The second-order valence-corrected chi connectivity index (χ2v) is 5.33. The van der Waals surface area contributed by atoms with Gasteiger partial charge in [-0.15, -0.1) is 0 Å². The summed E-state index contributed by atoms with van der Waals surface area (Å²) >= 11 is 0. The van der Waals surface area contributed by atoms with Gasteiger partial charge in [-0.05, 0) is 19.3 Å². The van der Waals surface area contributed by atoms with E-state index >= 15 is 0 Å². The molecule has 0 aliphatic carbocycles. The topological polar surface area (TPSA) is 49.3 Å². The first kappa shape index (κ1) is 17.4. The van der Waals surface area contributed by atoms with Gasteiger partial charge in [-0.25, -0.2) is 9.97 Å². The van der Waals surface area contributed by atoms with E-state index in [0.29, 0.717) is 5.69 Å². The summed E-state index contributed by atoms with van der Waals surface area (Å²) in [6.07, 6.45) is 5.66. The van der Waals surface area contributed by atoms with Crippen LogP contribution in [0.4, 0.5) is 5.82 Å². The predicted octanol–water partition coefficient (Wildman–Crippen LogP) is 2.98. The van der Waals surface area contributed by atoms with E-state index in [1.54, 1.807) is 6.07 Å². The van der Waals surface area contributed by atoms with E-state index in [9.17, 15) is 4.79 Å². The lowest BCUT2D eigenvalue weighted by molar-refractivity contribution is 0.0749. The van der Waals surface area contributed by atoms with Crippen LogP contribution in [0.3, 0.4) is 0 Å². The third kappa shape index (κ3) is 5.33. The number of carbonyl (C=O) groups is 1. The first-order valence-electron chi connectivity index (χ1n) is 7.96. The highest BCUT2D eigenvalue weighted by Crippen LogP contribution is 2.12. The smallest absolute Gasteiger partial charge is 0.272 e. The Balaban J connectivity index is 2.84. The van der Waals surface area contributed by atoms with Gasteiger partial charge in [0.2, 0.25) is 0 Å². The molecule has 118 valence electrons. The molecule has 0 saturated heterocycles. The number of unbranched alkanes of at least 4 members (excludes halogenated alkanes) is 1. The van der Waals surface area contributed by atoms with Gasteiger partial charge in [0.05, 0.1) is 0 Å². The highest BCUT2D eigenvalue weighted by molar-refractivity contribution is 5.92. The van der Waals surface area contributed by atoms with Gasteiger partial charge in [0.15, 0.2) is 0 Å². The normalized spacial score (nSPS) is 10.5. The van der Waals surface area contributed by atoms with Crippen LogP contribution in [0.25, 0.3) is 0 Å². The molecule has 1 aromatic rings. The van der Waals surface area contributed by atoms with Crippen molar-refractivity contribution < 1.29 is 4.79 Å². The van der Waals surface area contributed by atoms with Crippen molar-refractivity contribution in [2.45, 2.75) is 46.5 Å². The Kier molecular flexibility index (Phi) is 7.72. The average Bonchev–Trinajstić information content (AvgIpc) is 2.51. The summed E-state index contributed by atoms with van der Waals surface area (Å²) in [6.45, 7) is 8.82. The largest absolute Gasteiger partial charge is 0.360 e. The lowest BCUT2D eigenvalue weighted by Gasteiger charge is -2.22. The molecule has 0 radical (unpaired) electrons. The fraction of sp³-hybridized carbons (Fsp3) is 0.688. The van der Waals surface area contributed by atoms with Crippen LogP contribution in [0.5, 0.6) is 0 Å². The lowest BCUT2D eigenvalue weighted by Crippen LogP contribution is -2.33. The number of hydrogen-bond acceptors (Lipinski definition) is 4. The minimum absolute atomic E-state index is 0.00578. The van der Waals surface area contributed by atoms with E-state index in [4.69, 9.17) is 0 Å². The summed E-state index contributed by atoms with van der Waals surface area (Å²) < 4.78 is 0. The molecule has 0 aromatic carbocycles. The van der Waals surface area contributed by atoms with Gasteiger partial charge in [-0.3, -0.25) is 4.79 Å². The molecule has 0 atom stereocenters. The zero-order valence-corrected chi connectivity index (χ0v) is 13.8. The molecule has 1 heterocycles. The van der Waals surface area contributed by atoms with Gasteiger partial charge in [0, 0.05) is 32.7 Å². The van der Waals surface area contributed by atoms with Crippen LogP contribution >= 0.6 is 0 Å². The molecule has 0 fully saturated rings. The van der Waals surface area contributed by atoms with Gasteiger partial charge in [-0.1, -0.05) is 27.2 Å². The van der Waals surface area contributed by atoms with Crippen molar-refractivity contribution in [2.75, 3.05) is 31.6 Å². The zero-order chi connectivity index (χ0) is 15.7. The maximum absolute atomic E-state index is 12.5. The summed E-state index contributed by atoms with van der Waals surface area (Å²) in [5, 5.41) is 0. The molecule has 21 heavy (non-hydrogen) atoms. The molecular weight excluding hydrogens is 264 g/mol. The van der Waals surface area contributed by atoms with Crippen molar-refractivity contribution in [3.8, 4) is 0 Å². The zero-order valence-electron chi connectivity index (χ0n) is 13.8. The van der Waals surface area contributed by atoms with Crippen LogP contribution in [0.1, 0.15) is 56.9 Å². The number of nitrogens with zero attached hydrogens (tertiary/aromatic N) is 4. The number of rotatable bonds is 9. The van der Waals surface area contributed by atoms with Gasteiger partial charge in [0.1, 0.15) is 17.8 Å². The van der Waals surface area contributed by atoms with E-state index in [2.05, 4.69) is 35.6 Å². The van der Waals surface area contributed by atoms with E-state index in [1.807, 2.05) is 11.9 Å². The van der Waals surface area contributed by atoms with Crippen molar-refractivity contribution in [1.82, 2.24) is 14.9 Å². The highest BCUT2D eigenvalue weighted by Gasteiger charge is 2.17. The number of carbonyl (C=O) groups excluding carboxylic acids is 1. The van der Waals surface area contributed by atoms with Crippen molar-refractivity contribution in [3.63, 3.8) is 0 Å². The minimum atomic E-state index is 0.00578. The Bertz CT molecular complexity index is 430. The Morgan fingerprint density at radius 1 is 1.05 bits per heavy atom. The average molecular weight is 292 g/mol. The summed E-state index contributed by atoms with van der Waals surface area (Å²) in [5.41, 5.74) is 0.491. The van der Waals surface area contributed by atoms with Crippen LogP contribution in [0.2, 0.25) is 0 Å². The molecule has 0 bridgehead atoms. The minimum Gasteiger partial charge on any atom is -0.360 e. The molecular formula is C16H28N4O. The standard InChI is InChI=1S/C16H28N4O/c1-5-8-11-19(4)15-12-14(17-13-18-15)16(21)20(9-6-2)10-7-3/h12-13H,5-11H2,1-4H3. The number of amides is 1. The quantitative estimate of drug-likeness (QED) is 0.702. The van der Waals surface area contributed by atoms with E-state index in [0.717, 1.165) is 51.1 Å². The summed E-state index contributed by atoms with van der Waals surface area (Å²) in [7, 11) is 2.00. The van der Waals surface area contributed by atoms with Gasteiger partial charge < -0.3 is 9.80 Å². The third-order valence-corrected chi connectivity index (χ3v) is 3.38. The summed E-state index contributed by atoms with van der Waals surface area (Å²) in [4.78, 5) is 24.9. The lowest BCUT2D eigenvalue weighted by atomic mass is 10.2. The first-order chi connectivity index (χ1) is 10.1. The Labute approximate surface area is 128 Å². The summed E-state index contributed by atoms with van der Waals surface area (Å²) in [5.74, 6) is 0.820. The number of hydrogen-bond donors (Lipinski definition) is 0. The molecule has 1 amide bonds. The van der Waals surface area contributed by atoms with Crippen molar-refractivity contribution >= 4 is 11.7 Å². The molecule has 0 aliphatic heterocycles. The first-order valence-corrected chi connectivity index (χ1v) is 7.96. The maximum Gasteiger partial charge on any atom is 0.272 e. The second-order valence-electron chi connectivity index (χ2n) is 5.33. The summed E-state index contributed by atoms with van der Waals surface area (Å²) in [6, 6.07) is 1.80. The highest BCUT2D eigenvalue weighted by atomic mass is 16.2. The molecule has 0 N–H and O–H groups in total. The van der Waals surface area contributed by atoms with Gasteiger partial charge in [-0.2, -0.15) is 0 Å². The van der Waals surface area contributed by atoms with Gasteiger partial charge >= 0.3 is 0 Å². The molecule has 1 rings (SSSR count). The SMILES string of the molecule is CCCCN(C)c1cc(C(=O)N(CCC)CCC)ncn1. The van der Waals surface area contributed by atoms with Crippen LogP contribution < -0.4 is 4.90 Å². The predicted molar refractivity (Wildman–Crippen MR) is 86.7 cm³/mol. The fourth-order valence-corrected chi connectivity index (χ4v) is 2.20. The molecule has 0 saturated carbocycles. The molecule has 0 aliphatic rings. The van der Waals surface area contributed by atoms with Crippen LogP contribution in [-0.2, 0) is 0 Å². The molecule has 0 spiro atoms. The maximum atomic E-state index is 12.5. The number of anilines is 1. The Hall–Kier alpha value is -1.65. The van der Waals surface area contributed by atoms with E-state index in [-0.39, 0.29) is 5.91 Å². The van der Waals surface area contributed by atoms with Crippen LogP contribution in [-0.4, -0.2) is 47.5 Å². The number of aromatic nitrogens is 2. The Morgan fingerprint density at radius 2 is 1.71 bits per heavy atom. The van der Waals surface area contributed by atoms with Crippen LogP contribution in [0, 0.1) is 0 Å². The second kappa shape index (κ2) is 9.32. The molecule has 5 nitrogen and oxygen atoms in total. The monoisotopic (exact) mass is 292 g/mol. The van der Waals surface area contributed by atoms with E-state index in [1.165, 1.54) is 6.33 Å². The molecule has 1 aromatic heterocycles. The van der Waals surface area contributed by atoms with Crippen molar-refractivity contribution in [2.24, 2.45) is 0 Å².